The second kappa shape index (κ2) is 2.23. The quantitative estimate of drug-likeness (QED) is 0.622. The summed E-state index contributed by atoms with van der Waals surface area (Å²) in [6, 6.07) is 0. The first-order chi connectivity index (χ1) is 3.81. The van der Waals surface area contributed by atoms with E-state index >= 15 is 0 Å². The summed E-state index contributed by atoms with van der Waals surface area (Å²) in [6.45, 7) is 5.94. The first kappa shape index (κ1) is 8.85. The van der Waals surface area contributed by atoms with Gasteiger partial charge in [-0.1, -0.05) is 0 Å². The number of rotatable bonds is 2. The van der Waals surface area contributed by atoms with Crippen LogP contribution in [0.5, 0.6) is 0 Å². The van der Waals surface area contributed by atoms with E-state index in [0.717, 1.165) is 0 Å². The topological polar surface area (TPSA) is 29.5 Å². The Labute approximate surface area is 54.5 Å². The standard InChI is InChI=1S/C6H13FO2/c1-5(2,8)6(3,4)9-7/h8H,1-4H3. The Morgan fingerprint density at radius 3 is 1.56 bits per heavy atom. The lowest BCUT2D eigenvalue weighted by Gasteiger charge is -2.32. The molecule has 3 heteroatoms. The molecule has 0 aromatic carbocycles. The zero-order valence-corrected chi connectivity index (χ0v) is 6.23. The van der Waals surface area contributed by atoms with E-state index in [2.05, 4.69) is 4.94 Å². The first-order valence-electron chi connectivity index (χ1n) is 2.83. The van der Waals surface area contributed by atoms with Gasteiger partial charge in [0.25, 0.3) is 0 Å². The summed E-state index contributed by atoms with van der Waals surface area (Å²) in [5.74, 6) is 0. The summed E-state index contributed by atoms with van der Waals surface area (Å²) in [4.78, 5) is 3.55. The lowest BCUT2D eigenvalue weighted by atomic mass is 9.90. The van der Waals surface area contributed by atoms with E-state index in [4.69, 9.17) is 0 Å². The molecule has 0 rings (SSSR count). The van der Waals surface area contributed by atoms with Crippen molar-refractivity contribution in [2.45, 2.75) is 38.9 Å². The predicted molar refractivity (Wildman–Crippen MR) is 32.6 cm³/mol. The molecule has 0 atom stereocenters. The minimum absolute atomic E-state index is 1.13. The number of aliphatic hydroxyl groups is 1. The van der Waals surface area contributed by atoms with Crippen LogP contribution in [0.1, 0.15) is 27.7 Å². The highest BCUT2D eigenvalue weighted by Crippen LogP contribution is 2.24. The van der Waals surface area contributed by atoms with Gasteiger partial charge in [0.2, 0.25) is 0 Å². The van der Waals surface area contributed by atoms with E-state index < -0.39 is 11.2 Å². The van der Waals surface area contributed by atoms with Gasteiger partial charge in [0.05, 0.1) is 5.60 Å². The van der Waals surface area contributed by atoms with E-state index in [1.54, 1.807) is 0 Å². The van der Waals surface area contributed by atoms with E-state index in [0.29, 0.717) is 0 Å². The van der Waals surface area contributed by atoms with Gasteiger partial charge in [-0.05, 0) is 32.2 Å². The van der Waals surface area contributed by atoms with Crippen LogP contribution in [-0.4, -0.2) is 16.3 Å². The molecule has 0 amide bonds. The largest absolute Gasteiger partial charge is 0.387 e. The smallest absolute Gasteiger partial charge is 0.131 e. The van der Waals surface area contributed by atoms with Gasteiger partial charge >= 0.3 is 0 Å². The van der Waals surface area contributed by atoms with Crippen LogP contribution < -0.4 is 0 Å². The highest BCUT2D eigenvalue weighted by molar-refractivity contribution is 4.85. The predicted octanol–water partition coefficient (Wildman–Crippen LogP) is 1.44. The molecule has 0 aliphatic rings. The van der Waals surface area contributed by atoms with Crippen LogP contribution in [0, 0.1) is 0 Å². The molecular formula is C6H13FO2. The second-order valence-electron chi connectivity index (χ2n) is 3.15. The Bertz CT molecular complexity index is 93.7. The summed E-state index contributed by atoms with van der Waals surface area (Å²) in [7, 11) is 0. The molecule has 0 saturated carbocycles. The Morgan fingerprint density at radius 1 is 1.22 bits per heavy atom. The Balaban J connectivity index is 4.14. The maximum absolute atomic E-state index is 11.6. The molecule has 1 N–H and O–H groups in total. The van der Waals surface area contributed by atoms with Crippen molar-refractivity contribution in [1.82, 2.24) is 0 Å². The Morgan fingerprint density at radius 2 is 1.56 bits per heavy atom. The van der Waals surface area contributed by atoms with Crippen LogP contribution in [0.2, 0.25) is 0 Å². The summed E-state index contributed by atoms with van der Waals surface area (Å²) in [5, 5.41) is 9.18. The molecule has 0 heterocycles. The zero-order valence-electron chi connectivity index (χ0n) is 6.23. The average molecular weight is 136 g/mol. The van der Waals surface area contributed by atoms with Crippen molar-refractivity contribution in [2.24, 2.45) is 0 Å². The summed E-state index contributed by atoms with van der Waals surface area (Å²) >= 11 is 0. The van der Waals surface area contributed by atoms with Crippen molar-refractivity contribution in [1.29, 1.82) is 0 Å². The maximum atomic E-state index is 11.6. The fraction of sp³-hybridized carbons (Fsp3) is 1.00. The molecule has 0 bridgehead atoms. The molecule has 0 aliphatic carbocycles. The van der Waals surface area contributed by atoms with Crippen LogP contribution in [-0.2, 0) is 4.94 Å². The minimum atomic E-state index is -1.15. The van der Waals surface area contributed by atoms with Crippen LogP contribution in [0.4, 0.5) is 4.53 Å². The molecule has 9 heavy (non-hydrogen) atoms. The third kappa shape index (κ3) is 1.91. The maximum Gasteiger partial charge on any atom is 0.131 e. The van der Waals surface area contributed by atoms with Gasteiger partial charge < -0.3 is 5.11 Å². The molecule has 56 valence electrons. The van der Waals surface area contributed by atoms with Gasteiger partial charge in [-0.3, -0.25) is 0 Å². The fourth-order valence-electron chi connectivity index (χ4n) is 0.0944. The monoisotopic (exact) mass is 136 g/mol. The van der Waals surface area contributed by atoms with Crippen molar-refractivity contribution in [3.05, 3.63) is 0 Å². The highest BCUT2D eigenvalue weighted by Gasteiger charge is 2.37. The van der Waals surface area contributed by atoms with Crippen molar-refractivity contribution < 1.29 is 14.6 Å². The summed E-state index contributed by atoms with van der Waals surface area (Å²) in [5.41, 5.74) is -2.28. The Kier molecular flexibility index (Phi) is 2.19. The highest BCUT2D eigenvalue weighted by atomic mass is 19.3. The molecule has 2 nitrogen and oxygen atoms in total. The van der Waals surface area contributed by atoms with Crippen molar-refractivity contribution >= 4 is 0 Å². The van der Waals surface area contributed by atoms with Crippen LogP contribution >= 0.6 is 0 Å². The first-order valence-corrected chi connectivity index (χ1v) is 2.83. The van der Waals surface area contributed by atoms with Gasteiger partial charge in [0.15, 0.2) is 0 Å². The third-order valence-electron chi connectivity index (χ3n) is 1.67. The lowest BCUT2D eigenvalue weighted by molar-refractivity contribution is -0.276. The summed E-state index contributed by atoms with van der Waals surface area (Å²) < 4.78 is 11.6. The van der Waals surface area contributed by atoms with Crippen LogP contribution in [0.3, 0.4) is 0 Å². The molecule has 0 saturated heterocycles. The van der Waals surface area contributed by atoms with Gasteiger partial charge in [0.1, 0.15) is 5.60 Å². The molecule has 0 spiro atoms. The van der Waals surface area contributed by atoms with Gasteiger partial charge in [-0.15, -0.1) is 0 Å². The molecular weight excluding hydrogens is 123 g/mol. The van der Waals surface area contributed by atoms with Crippen LogP contribution in [0.15, 0.2) is 0 Å². The van der Waals surface area contributed by atoms with Gasteiger partial charge in [-0.2, -0.15) is 4.94 Å². The van der Waals surface area contributed by atoms with E-state index in [-0.39, 0.29) is 0 Å². The van der Waals surface area contributed by atoms with Crippen molar-refractivity contribution in [3.8, 4) is 0 Å². The van der Waals surface area contributed by atoms with Crippen LogP contribution in [0.25, 0.3) is 0 Å². The molecule has 0 aromatic heterocycles. The molecule has 0 unspecified atom stereocenters. The SMILES string of the molecule is CC(C)(O)C(C)(C)OF. The van der Waals surface area contributed by atoms with Crippen molar-refractivity contribution in [2.75, 3.05) is 0 Å². The fourth-order valence-corrected chi connectivity index (χ4v) is 0.0944. The zero-order chi connectivity index (χ0) is 7.71. The second-order valence-corrected chi connectivity index (χ2v) is 3.15. The number of hydrogen-bond acceptors (Lipinski definition) is 2. The van der Waals surface area contributed by atoms with Gasteiger partial charge in [-0.25, -0.2) is 0 Å². The molecule has 0 fully saturated rings. The molecule has 0 radical (unpaired) electrons. The molecule has 0 aliphatic heterocycles. The summed E-state index contributed by atoms with van der Waals surface area (Å²) in [6.07, 6.45) is 0. The minimum Gasteiger partial charge on any atom is -0.387 e. The Hall–Kier alpha value is -0.150. The van der Waals surface area contributed by atoms with E-state index in [1.165, 1.54) is 27.7 Å². The van der Waals surface area contributed by atoms with Gasteiger partial charge in [0, 0.05) is 0 Å². The van der Waals surface area contributed by atoms with E-state index in [1.807, 2.05) is 0 Å². The molecule has 0 aromatic rings. The number of hydrogen-bond donors (Lipinski definition) is 1. The third-order valence-corrected chi connectivity index (χ3v) is 1.67. The van der Waals surface area contributed by atoms with Crippen molar-refractivity contribution in [3.63, 3.8) is 0 Å². The average Bonchev–Trinajstić information content (AvgIpc) is 1.64. The normalized spacial score (nSPS) is 14.0. The number of halogens is 1. The lowest BCUT2D eigenvalue weighted by Crippen LogP contribution is -2.45. The van der Waals surface area contributed by atoms with E-state index in [9.17, 15) is 9.63 Å².